The van der Waals surface area contributed by atoms with Crippen LogP contribution in [0.25, 0.3) is 0 Å². The summed E-state index contributed by atoms with van der Waals surface area (Å²) in [5, 5.41) is 6.42. The SMILES string of the molecule is O=C(Nc1cc(CCl)cc(Cl)c1F)c1ncn(Cc2ccccc2)n1. The summed E-state index contributed by atoms with van der Waals surface area (Å²) in [5.74, 6) is -1.28. The van der Waals surface area contributed by atoms with Crippen molar-refractivity contribution in [3.05, 3.63) is 76.6 Å². The summed E-state index contributed by atoms with van der Waals surface area (Å²) in [4.78, 5) is 16.2. The summed E-state index contributed by atoms with van der Waals surface area (Å²) >= 11 is 11.5. The van der Waals surface area contributed by atoms with Gasteiger partial charge in [0.1, 0.15) is 6.33 Å². The van der Waals surface area contributed by atoms with E-state index in [1.165, 1.54) is 23.1 Å². The minimum Gasteiger partial charge on any atom is -0.317 e. The molecule has 128 valence electrons. The highest BCUT2D eigenvalue weighted by Gasteiger charge is 2.16. The fourth-order valence-corrected chi connectivity index (χ4v) is 2.63. The van der Waals surface area contributed by atoms with E-state index in [2.05, 4.69) is 15.4 Å². The lowest BCUT2D eigenvalue weighted by molar-refractivity contribution is 0.101. The lowest BCUT2D eigenvalue weighted by atomic mass is 10.2. The number of hydrogen-bond acceptors (Lipinski definition) is 3. The number of halogens is 3. The normalized spacial score (nSPS) is 10.7. The first-order valence-electron chi connectivity index (χ1n) is 7.35. The number of hydrogen-bond donors (Lipinski definition) is 1. The number of anilines is 1. The maximum absolute atomic E-state index is 14.1. The molecule has 1 amide bonds. The van der Waals surface area contributed by atoms with Gasteiger partial charge >= 0.3 is 0 Å². The minimum absolute atomic E-state index is 0.0624. The van der Waals surface area contributed by atoms with Gasteiger partial charge in [-0.3, -0.25) is 4.79 Å². The molecule has 1 N–H and O–H groups in total. The van der Waals surface area contributed by atoms with Crippen molar-refractivity contribution in [3.63, 3.8) is 0 Å². The first-order chi connectivity index (χ1) is 12.1. The van der Waals surface area contributed by atoms with Gasteiger partial charge in [-0.1, -0.05) is 41.9 Å². The molecule has 1 aromatic heterocycles. The van der Waals surface area contributed by atoms with E-state index in [0.717, 1.165) is 5.56 Å². The number of carbonyl (C=O) groups is 1. The highest BCUT2D eigenvalue weighted by atomic mass is 35.5. The van der Waals surface area contributed by atoms with Crippen molar-refractivity contribution >= 4 is 34.8 Å². The number of rotatable bonds is 5. The smallest absolute Gasteiger partial charge is 0.295 e. The van der Waals surface area contributed by atoms with Gasteiger partial charge in [-0.25, -0.2) is 14.1 Å². The zero-order chi connectivity index (χ0) is 17.8. The molecule has 3 aromatic rings. The Morgan fingerprint density at radius 3 is 2.68 bits per heavy atom. The highest BCUT2D eigenvalue weighted by Crippen LogP contribution is 2.26. The van der Waals surface area contributed by atoms with Gasteiger partial charge in [-0.15, -0.1) is 16.7 Å². The van der Waals surface area contributed by atoms with Crippen molar-refractivity contribution in [1.82, 2.24) is 14.8 Å². The number of benzene rings is 2. The lowest BCUT2D eigenvalue weighted by Gasteiger charge is -2.08. The molecule has 5 nitrogen and oxygen atoms in total. The topological polar surface area (TPSA) is 59.8 Å². The van der Waals surface area contributed by atoms with E-state index in [4.69, 9.17) is 23.2 Å². The Balaban J connectivity index is 1.75. The number of nitrogens with one attached hydrogen (secondary N) is 1. The molecule has 0 saturated carbocycles. The molecule has 0 bridgehead atoms. The molecule has 0 fully saturated rings. The molecule has 0 spiro atoms. The van der Waals surface area contributed by atoms with Crippen LogP contribution in [0.1, 0.15) is 21.7 Å². The number of carbonyl (C=O) groups excluding carboxylic acids is 1. The molecule has 0 radical (unpaired) electrons. The maximum Gasteiger partial charge on any atom is 0.295 e. The second-order valence-electron chi connectivity index (χ2n) is 5.28. The van der Waals surface area contributed by atoms with Crippen LogP contribution in [0, 0.1) is 5.82 Å². The zero-order valence-corrected chi connectivity index (χ0v) is 14.4. The van der Waals surface area contributed by atoms with Gasteiger partial charge in [-0.05, 0) is 23.3 Å². The van der Waals surface area contributed by atoms with Gasteiger partial charge < -0.3 is 5.32 Å². The molecule has 25 heavy (non-hydrogen) atoms. The van der Waals surface area contributed by atoms with Crippen LogP contribution in [0.5, 0.6) is 0 Å². The van der Waals surface area contributed by atoms with Crippen LogP contribution in [0.3, 0.4) is 0 Å². The molecule has 0 unspecified atom stereocenters. The molecule has 0 aliphatic heterocycles. The largest absolute Gasteiger partial charge is 0.317 e. The third-order valence-corrected chi connectivity index (χ3v) is 4.00. The van der Waals surface area contributed by atoms with Crippen LogP contribution in [-0.4, -0.2) is 20.7 Å². The Labute approximate surface area is 153 Å². The minimum atomic E-state index is -0.729. The average Bonchev–Trinajstić information content (AvgIpc) is 3.08. The van der Waals surface area contributed by atoms with Gasteiger partial charge in [0.15, 0.2) is 5.82 Å². The van der Waals surface area contributed by atoms with Crippen LogP contribution in [-0.2, 0) is 12.4 Å². The standard InChI is InChI=1S/C17H13Cl2FN4O/c18-8-12-6-13(19)15(20)14(7-12)22-17(25)16-21-10-24(23-16)9-11-4-2-1-3-5-11/h1-7,10H,8-9H2,(H,22,25). The van der Waals surface area contributed by atoms with Crippen molar-refractivity contribution in [3.8, 4) is 0 Å². The molecule has 0 aliphatic rings. The maximum atomic E-state index is 14.1. The predicted octanol–water partition coefficient (Wildman–Crippen LogP) is 4.11. The summed E-state index contributed by atoms with van der Waals surface area (Å²) in [5.41, 5.74) is 1.55. The molecule has 0 aliphatic carbocycles. The summed E-state index contributed by atoms with van der Waals surface area (Å²) in [7, 11) is 0. The van der Waals surface area contributed by atoms with E-state index in [-0.39, 0.29) is 22.4 Å². The van der Waals surface area contributed by atoms with Crippen molar-refractivity contribution in [2.75, 3.05) is 5.32 Å². The predicted molar refractivity (Wildman–Crippen MR) is 94.5 cm³/mol. The van der Waals surface area contributed by atoms with Gasteiger partial charge in [0.05, 0.1) is 17.3 Å². The van der Waals surface area contributed by atoms with Gasteiger partial charge in [0.2, 0.25) is 5.82 Å². The van der Waals surface area contributed by atoms with Crippen LogP contribution in [0.4, 0.5) is 10.1 Å². The molecule has 1 heterocycles. The lowest BCUT2D eigenvalue weighted by Crippen LogP contribution is -2.16. The van der Waals surface area contributed by atoms with Gasteiger partial charge in [0.25, 0.3) is 5.91 Å². The van der Waals surface area contributed by atoms with E-state index < -0.39 is 11.7 Å². The quantitative estimate of drug-likeness (QED) is 0.679. The monoisotopic (exact) mass is 378 g/mol. The third kappa shape index (κ3) is 4.15. The van der Waals surface area contributed by atoms with Crippen molar-refractivity contribution in [1.29, 1.82) is 0 Å². The molecule has 0 saturated heterocycles. The summed E-state index contributed by atoms with van der Waals surface area (Å²) in [6.45, 7) is 0.475. The number of nitrogens with zero attached hydrogens (tertiary/aromatic N) is 3. The van der Waals surface area contributed by atoms with E-state index >= 15 is 0 Å². The molecule has 3 rings (SSSR count). The number of aromatic nitrogens is 3. The number of alkyl halides is 1. The third-order valence-electron chi connectivity index (χ3n) is 3.42. The second-order valence-corrected chi connectivity index (χ2v) is 5.95. The molecular weight excluding hydrogens is 366 g/mol. The fraction of sp³-hybridized carbons (Fsp3) is 0.118. The zero-order valence-electron chi connectivity index (χ0n) is 12.9. The fourth-order valence-electron chi connectivity index (χ4n) is 2.24. The summed E-state index contributed by atoms with van der Waals surface area (Å²) in [6, 6.07) is 12.5. The first-order valence-corrected chi connectivity index (χ1v) is 8.26. The number of amides is 1. The van der Waals surface area contributed by atoms with E-state index in [1.54, 1.807) is 0 Å². The molecule has 8 heteroatoms. The van der Waals surface area contributed by atoms with Crippen molar-refractivity contribution < 1.29 is 9.18 Å². The Bertz CT molecular complexity index is 899. The molecular formula is C17H13Cl2FN4O. The van der Waals surface area contributed by atoms with E-state index in [1.807, 2.05) is 30.3 Å². The van der Waals surface area contributed by atoms with Crippen molar-refractivity contribution in [2.24, 2.45) is 0 Å². The van der Waals surface area contributed by atoms with Crippen LogP contribution in [0.15, 0.2) is 48.8 Å². The first kappa shape index (κ1) is 17.4. The van der Waals surface area contributed by atoms with Gasteiger partial charge in [0, 0.05) is 5.88 Å². The van der Waals surface area contributed by atoms with Crippen LogP contribution >= 0.6 is 23.2 Å². The van der Waals surface area contributed by atoms with Crippen LogP contribution < -0.4 is 5.32 Å². The average molecular weight is 379 g/mol. The molecule has 2 aromatic carbocycles. The molecule has 0 atom stereocenters. The van der Waals surface area contributed by atoms with Gasteiger partial charge in [-0.2, -0.15) is 0 Å². The Hall–Kier alpha value is -2.44. The highest BCUT2D eigenvalue weighted by molar-refractivity contribution is 6.31. The van der Waals surface area contributed by atoms with Crippen LogP contribution in [0.2, 0.25) is 5.02 Å². The van der Waals surface area contributed by atoms with E-state index in [0.29, 0.717) is 12.1 Å². The summed E-state index contributed by atoms with van der Waals surface area (Å²) in [6.07, 6.45) is 1.44. The van der Waals surface area contributed by atoms with Crippen molar-refractivity contribution in [2.45, 2.75) is 12.4 Å². The Morgan fingerprint density at radius 2 is 1.96 bits per heavy atom. The second kappa shape index (κ2) is 7.63. The Kier molecular flexibility index (Phi) is 5.31. The van der Waals surface area contributed by atoms with E-state index in [9.17, 15) is 9.18 Å². The summed E-state index contributed by atoms with van der Waals surface area (Å²) < 4.78 is 15.6. The Morgan fingerprint density at radius 1 is 1.20 bits per heavy atom.